The molecular weight excluding hydrogens is 176 g/mol. The third kappa shape index (κ3) is 1.78. The maximum Gasteiger partial charge on any atom is 0.221 e. The number of aryl methyl sites for hydroxylation is 1. The molecule has 0 radical (unpaired) electrons. The molecule has 0 unspecified atom stereocenters. The molecule has 0 aromatic carbocycles. The zero-order valence-electron chi connectivity index (χ0n) is 8.62. The van der Waals surface area contributed by atoms with E-state index in [1.807, 2.05) is 6.92 Å². The Bertz CT molecular complexity index is 331. The summed E-state index contributed by atoms with van der Waals surface area (Å²) in [5, 5.41) is 3.39. The van der Waals surface area contributed by atoms with E-state index in [9.17, 15) is 0 Å². The van der Waals surface area contributed by atoms with Crippen LogP contribution in [-0.4, -0.2) is 16.0 Å². The number of nitrogen functional groups attached to an aromatic ring is 1. The number of aromatic nitrogens is 2. The van der Waals surface area contributed by atoms with Crippen LogP contribution < -0.4 is 11.1 Å². The van der Waals surface area contributed by atoms with Crippen LogP contribution in [0.3, 0.4) is 0 Å². The first-order valence-corrected chi connectivity index (χ1v) is 5.01. The van der Waals surface area contributed by atoms with Gasteiger partial charge in [0.15, 0.2) is 0 Å². The highest BCUT2D eigenvalue weighted by Gasteiger charge is 2.25. The molecule has 0 aliphatic heterocycles. The average molecular weight is 192 g/mol. The summed E-state index contributed by atoms with van der Waals surface area (Å²) in [6.07, 6.45) is 4.21. The smallest absolute Gasteiger partial charge is 0.221 e. The van der Waals surface area contributed by atoms with E-state index in [4.69, 9.17) is 5.73 Å². The first-order chi connectivity index (χ1) is 6.65. The van der Waals surface area contributed by atoms with Crippen LogP contribution in [0.5, 0.6) is 0 Å². The fourth-order valence-corrected chi connectivity index (χ4v) is 1.82. The number of hydrogen-bond acceptors (Lipinski definition) is 4. The van der Waals surface area contributed by atoms with Gasteiger partial charge < -0.3 is 11.1 Å². The molecule has 0 saturated heterocycles. The fourth-order valence-electron chi connectivity index (χ4n) is 1.82. The number of nitrogens with two attached hydrogens (primary N) is 1. The molecule has 76 valence electrons. The molecule has 1 aliphatic carbocycles. The molecule has 1 aromatic rings. The lowest BCUT2D eigenvalue weighted by atomic mass is 9.82. The third-order valence-corrected chi connectivity index (χ3v) is 2.70. The normalized spacial score (nSPS) is 25.6. The van der Waals surface area contributed by atoms with Gasteiger partial charge in [0, 0.05) is 17.8 Å². The second-order valence-electron chi connectivity index (χ2n) is 4.18. The van der Waals surface area contributed by atoms with Crippen molar-refractivity contribution < 1.29 is 0 Å². The maximum absolute atomic E-state index is 5.53. The summed E-state index contributed by atoms with van der Waals surface area (Å²) in [6, 6.07) is 0.568. The quantitative estimate of drug-likeness (QED) is 0.746. The Kier molecular flexibility index (Phi) is 2.27. The fraction of sp³-hybridized carbons (Fsp3) is 0.600. The minimum Gasteiger partial charge on any atom is -0.368 e. The number of rotatable bonds is 2. The first kappa shape index (κ1) is 9.24. The lowest BCUT2D eigenvalue weighted by Crippen LogP contribution is -2.34. The Balaban J connectivity index is 2.05. The van der Waals surface area contributed by atoms with E-state index in [0.717, 1.165) is 17.3 Å². The molecule has 1 fully saturated rings. The predicted octanol–water partition coefficient (Wildman–Crippen LogP) is 1.58. The standard InChI is InChI=1S/C10H16N4/c1-6-3-8(4-6)13-9-7(2)5-12-10(11)14-9/h5-6,8H,3-4H2,1-2H3,(H3,11,12,13,14). The van der Waals surface area contributed by atoms with Crippen LogP contribution in [0.4, 0.5) is 11.8 Å². The molecule has 1 aromatic heterocycles. The van der Waals surface area contributed by atoms with Crippen molar-refractivity contribution in [3.05, 3.63) is 11.8 Å². The van der Waals surface area contributed by atoms with Crippen molar-refractivity contribution >= 4 is 11.8 Å². The van der Waals surface area contributed by atoms with E-state index in [1.54, 1.807) is 6.20 Å². The summed E-state index contributed by atoms with van der Waals surface area (Å²) in [7, 11) is 0. The highest BCUT2D eigenvalue weighted by molar-refractivity contribution is 5.46. The molecule has 4 nitrogen and oxygen atoms in total. The molecule has 0 spiro atoms. The van der Waals surface area contributed by atoms with Gasteiger partial charge in [-0.25, -0.2) is 4.98 Å². The molecule has 1 heterocycles. The minimum atomic E-state index is 0.338. The predicted molar refractivity (Wildman–Crippen MR) is 57.0 cm³/mol. The van der Waals surface area contributed by atoms with Crippen LogP contribution in [-0.2, 0) is 0 Å². The summed E-state index contributed by atoms with van der Waals surface area (Å²) >= 11 is 0. The molecular formula is C10H16N4. The first-order valence-electron chi connectivity index (χ1n) is 5.01. The van der Waals surface area contributed by atoms with Crippen molar-refractivity contribution in [3.8, 4) is 0 Å². The largest absolute Gasteiger partial charge is 0.368 e. The van der Waals surface area contributed by atoms with Gasteiger partial charge in [0.25, 0.3) is 0 Å². The SMILES string of the molecule is Cc1cnc(N)nc1NC1CC(C)C1. The monoisotopic (exact) mass is 192 g/mol. The maximum atomic E-state index is 5.53. The van der Waals surface area contributed by atoms with E-state index in [0.29, 0.717) is 12.0 Å². The topological polar surface area (TPSA) is 63.8 Å². The van der Waals surface area contributed by atoms with Crippen LogP contribution in [0, 0.1) is 12.8 Å². The van der Waals surface area contributed by atoms with Gasteiger partial charge in [-0.1, -0.05) is 6.92 Å². The molecule has 4 heteroatoms. The average Bonchev–Trinajstić information content (AvgIpc) is 2.09. The van der Waals surface area contributed by atoms with E-state index in [1.165, 1.54) is 12.8 Å². The van der Waals surface area contributed by atoms with Gasteiger partial charge in [0.2, 0.25) is 5.95 Å². The molecule has 1 aliphatic rings. The number of anilines is 2. The van der Waals surface area contributed by atoms with E-state index in [2.05, 4.69) is 22.2 Å². The second-order valence-corrected chi connectivity index (χ2v) is 4.18. The third-order valence-electron chi connectivity index (χ3n) is 2.70. The highest BCUT2D eigenvalue weighted by atomic mass is 15.1. The summed E-state index contributed by atoms with van der Waals surface area (Å²) in [5.74, 6) is 2.06. The van der Waals surface area contributed by atoms with Crippen LogP contribution in [0.15, 0.2) is 6.20 Å². The van der Waals surface area contributed by atoms with Gasteiger partial charge >= 0.3 is 0 Å². The Labute approximate surface area is 83.9 Å². The summed E-state index contributed by atoms with van der Waals surface area (Å²) in [6.45, 7) is 4.25. The van der Waals surface area contributed by atoms with Gasteiger partial charge in [0.1, 0.15) is 5.82 Å². The van der Waals surface area contributed by atoms with Crippen molar-refractivity contribution in [3.63, 3.8) is 0 Å². The molecule has 0 amide bonds. The Hall–Kier alpha value is -1.32. The lowest BCUT2D eigenvalue weighted by Gasteiger charge is -2.33. The molecule has 2 rings (SSSR count). The minimum absolute atomic E-state index is 0.338. The summed E-state index contributed by atoms with van der Waals surface area (Å²) in [4.78, 5) is 8.11. The van der Waals surface area contributed by atoms with Gasteiger partial charge in [-0.15, -0.1) is 0 Å². The van der Waals surface area contributed by atoms with Crippen molar-refractivity contribution in [1.82, 2.24) is 9.97 Å². The Morgan fingerprint density at radius 1 is 1.50 bits per heavy atom. The van der Waals surface area contributed by atoms with Gasteiger partial charge in [-0.3, -0.25) is 0 Å². The van der Waals surface area contributed by atoms with Gasteiger partial charge in [0.05, 0.1) is 0 Å². The van der Waals surface area contributed by atoms with Gasteiger partial charge in [-0.2, -0.15) is 4.98 Å². The number of hydrogen-bond donors (Lipinski definition) is 2. The van der Waals surface area contributed by atoms with E-state index < -0.39 is 0 Å². The highest BCUT2D eigenvalue weighted by Crippen LogP contribution is 2.29. The zero-order valence-corrected chi connectivity index (χ0v) is 8.62. The van der Waals surface area contributed by atoms with Crippen molar-refractivity contribution in [2.45, 2.75) is 32.7 Å². The zero-order chi connectivity index (χ0) is 10.1. The molecule has 0 bridgehead atoms. The molecule has 1 saturated carbocycles. The van der Waals surface area contributed by atoms with E-state index in [-0.39, 0.29) is 0 Å². The van der Waals surface area contributed by atoms with Crippen molar-refractivity contribution in [2.75, 3.05) is 11.1 Å². The van der Waals surface area contributed by atoms with Crippen molar-refractivity contribution in [2.24, 2.45) is 5.92 Å². The number of nitrogens with one attached hydrogen (secondary N) is 1. The molecule has 3 N–H and O–H groups in total. The Morgan fingerprint density at radius 2 is 2.21 bits per heavy atom. The molecule has 14 heavy (non-hydrogen) atoms. The Morgan fingerprint density at radius 3 is 2.86 bits per heavy atom. The van der Waals surface area contributed by atoms with Crippen LogP contribution in [0.25, 0.3) is 0 Å². The van der Waals surface area contributed by atoms with Gasteiger partial charge in [-0.05, 0) is 25.7 Å². The summed E-state index contributed by atoms with van der Waals surface area (Å²) < 4.78 is 0. The number of nitrogens with zero attached hydrogens (tertiary/aromatic N) is 2. The van der Waals surface area contributed by atoms with Crippen molar-refractivity contribution in [1.29, 1.82) is 0 Å². The van der Waals surface area contributed by atoms with Crippen LogP contribution in [0.2, 0.25) is 0 Å². The second kappa shape index (κ2) is 3.44. The lowest BCUT2D eigenvalue weighted by molar-refractivity contribution is 0.308. The molecule has 0 atom stereocenters. The van der Waals surface area contributed by atoms with Crippen LogP contribution in [0.1, 0.15) is 25.3 Å². The summed E-state index contributed by atoms with van der Waals surface area (Å²) in [5.41, 5.74) is 6.58. The van der Waals surface area contributed by atoms with E-state index >= 15 is 0 Å². The van der Waals surface area contributed by atoms with Crippen LogP contribution >= 0.6 is 0 Å².